The van der Waals surface area contributed by atoms with Crippen LogP contribution in [0.3, 0.4) is 0 Å². The molecule has 56 valence electrons. The molecule has 2 nitrogen and oxygen atoms in total. The Morgan fingerprint density at radius 1 is 1.25 bits per heavy atom. The SMILES string of the molecule is [B]c1nncc2c(Br)cccc12. The van der Waals surface area contributed by atoms with Gasteiger partial charge < -0.3 is 0 Å². The summed E-state index contributed by atoms with van der Waals surface area (Å²) in [6.45, 7) is 0. The number of hydrogen-bond acceptors (Lipinski definition) is 2. The van der Waals surface area contributed by atoms with Gasteiger partial charge in [0.05, 0.1) is 6.20 Å². The van der Waals surface area contributed by atoms with Gasteiger partial charge in [0.1, 0.15) is 7.85 Å². The van der Waals surface area contributed by atoms with Gasteiger partial charge in [0.15, 0.2) is 0 Å². The van der Waals surface area contributed by atoms with Gasteiger partial charge in [-0.15, -0.1) is 0 Å². The van der Waals surface area contributed by atoms with E-state index in [0.717, 1.165) is 15.2 Å². The summed E-state index contributed by atoms with van der Waals surface area (Å²) in [5, 5.41) is 9.44. The summed E-state index contributed by atoms with van der Waals surface area (Å²) >= 11 is 3.41. The molecule has 1 heterocycles. The number of aromatic nitrogens is 2. The maximum absolute atomic E-state index is 5.63. The molecule has 2 radical (unpaired) electrons. The first-order valence-electron chi connectivity index (χ1n) is 3.44. The maximum Gasteiger partial charge on any atom is 0.145 e. The van der Waals surface area contributed by atoms with Crippen LogP contribution in [0.4, 0.5) is 0 Å². The molecule has 0 bridgehead atoms. The van der Waals surface area contributed by atoms with Gasteiger partial charge in [0.25, 0.3) is 0 Å². The fourth-order valence-electron chi connectivity index (χ4n) is 1.09. The third kappa shape index (κ3) is 1.12. The van der Waals surface area contributed by atoms with E-state index in [2.05, 4.69) is 26.1 Å². The summed E-state index contributed by atoms with van der Waals surface area (Å²) < 4.78 is 0.988. The van der Waals surface area contributed by atoms with E-state index in [9.17, 15) is 0 Å². The van der Waals surface area contributed by atoms with Gasteiger partial charge in [0.2, 0.25) is 0 Å². The molecule has 2 aromatic rings. The van der Waals surface area contributed by atoms with E-state index in [4.69, 9.17) is 7.85 Å². The topological polar surface area (TPSA) is 25.8 Å². The van der Waals surface area contributed by atoms with Crippen LogP contribution in [0.15, 0.2) is 28.9 Å². The summed E-state index contributed by atoms with van der Waals surface area (Å²) in [4.78, 5) is 0. The zero-order valence-corrected chi connectivity index (χ0v) is 7.75. The second kappa shape index (κ2) is 2.86. The summed E-state index contributed by atoms with van der Waals surface area (Å²) in [5.41, 5.74) is 0.466. The molecule has 4 heteroatoms. The second-order valence-electron chi connectivity index (χ2n) is 2.43. The highest BCUT2D eigenvalue weighted by atomic mass is 79.9. The third-order valence-electron chi connectivity index (χ3n) is 1.68. The van der Waals surface area contributed by atoms with Crippen molar-refractivity contribution in [3.63, 3.8) is 0 Å². The minimum Gasteiger partial charge on any atom is -0.167 e. The molecule has 0 amide bonds. The molecule has 0 aliphatic rings. The zero-order valence-electron chi connectivity index (χ0n) is 6.16. The van der Waals surface area contributed by atoms with E-state index in [-0.39, 0.29) is 0 Å². The van der Waals surface area contributed by atoms with Crippen LogP contribution in [0.25, 0.3) is 10.8 Å². The van der Waals surface area contributed by atoms with Gasteiger partial charge in [0, 0.05) is 15.5 Å². The highest BCUT2D eigenvalue weighted by Gasteiger charge is 1.99. The molecular formula is C8H4BBrN2. The number of halogens is 1. The minimum atomic E-state index is 0.466. The van der Waals surface area contributed by atoms with E-state index in [1.54, 1.807) is 6.20 Å². The monoisotopic (exact) mass is 218 g/mol. The number of fused-ring (bicyclic) bond motifs is 1. The van der Waals surface area contributed by atoms with E-state index < -0.39 is 0 Å². The van der Waals surface area contributed by atoms with Crippen LogP contribution in [0, 0.1) is 0 Å². The van der Waals surface area contributed by atoms with Gasteiger partial charge in [-0.05, 0) is 11.5 Å². The normalized spacial score (nSPS) is 10.4. The Morgan fingerprint density at radius 2 is 2.08 bits per heavy atom. The van der Waals surface area contributed by atoms with Crippen LogP contribution in [0.1, 0.15) is 0 Å². The Balaban J connectivity index is 2.94. The molecule has 0 saturated heterocycles. The molecule has 0 unspecified atom stereocenters. The van der Waals surface area contributed by atoms with Crippen molar-refractivity contribution in [2.45, 2.75) is 0 Å². The smallest absolute Gasteiger partial charge is 0.145 e. The highest BCUT2D eigenvalue weighted by Crippen LogP contribution is 2.20. The van der Waals surface area contributed by atoms with E-state index in [1.807, 2.05) is 18.2 Å². The largest absolute Gasteiger partial charge is 0.167 e. The molecule has 0 N–H and O–H groups in total. The lowest BCUT2D eigenvalue weighted by molar-refractivity contribution is 1.08. The van der Waals surface area contributed by atoms with Gasteiger partial charge in [-0.3, -0.25) is 0 Å². The van der Waals surface area contributed by atoms with Gasteiger partial charge >= 0.3 is 0 Å². The number of rotatable bonds is 0. The Labute approximate surface area is 79.5 Å². The molecule has 0 spiro atoms. The van der Waals surface area contributed by atoms with Gasteiger partial charge in [-0.25, -0.2) is 0 Å². The van der Waals surface area contributed by atoms with Crippen molar-refractivity contribution < 1.29 is 0 Å². The minimum absolute atomic E-state index is 0.466. The van der Waals surface area contributed by atoms with E-state index in [1.165, 1.54) is 0 Å². The summed E-state index contributed by atoms with van der Waals surface area (Å²) in [7, 11) is 5.63. The number of benzene rings is 1. The quantitative estimate of drug-likeness (QED) is 0.621. The molecule has 12 heavy (non-hydrogen) atoms. The predicted octanol–water partition coefficient (Wildman–Crippen LogP) is 1.19. The highest BCUT2D eigenvalue weighted by molar-refractivity contribution is 9.10. The molecule has 0 fully saturated rings. The molecule has 1 aromatic heterocycles. The third-order valence-corrected chi connectivity index (χ3v) is 2.37. The lowest BCUT2D eigenvalue weighted by Gasteiger charge is -2.00. The molecule has 0 aliphatic carbocycles. The number of nitrogens with zero attached hydrogens (tertiary/aromatic N) is 2. The van der Waals surface area contributed by atoms with Crippen LogP contribution < -0.4 is 5.59 Å². The van der Waals surface area contributed by atoms with Crippen molar-refractivity contribution in [3.8, 4) is 0 Å². The van der Waals surface area contributed by atoms with Crippen LogP contribution >= 0.6 is 15.9 Å². The fourth-order valence-corrected chi connectivity index (χ4v) is 1.56. The first kappa shape index (κ1) is 7.74. The summed E-state index contributed by atoms with van der Waals surface area (Å²) in [6.07, 6.45) is 1.69. The predicted molar refractivity (Wildman–Crippen MR) is 52.6 cm³/mol. The molecular weight excluding hydrogens is 215 g/mol. The van der Waals surface area contributed by atoms with Crippen molar-refractivity contribution >= 4 is 40.1 Å². The first-order valence-corrected chi connectivity index (χ1v) is 4.24. The van der Waals surface area contributed by atoms with Gasteiger partial charge in [-0.1, -0.05) is 28.1 Å². The lowest BCUT2D eigenvalue weighted by Crippen LogP contribution is -2.10. The number of hydrogen-bond donors (Lipinski definition) is 0. The Kier molecular flexibility index (Phi) is 1.85. The molecule has 2 rings (SSSR count). The lowest BCUT2D eigenvalue weighted by atomic mass is 9.98. The van der Waals surface area contributed by atoms with Crippen LogP contribution in [0.2, 0.25) is 0 Å². The fraction of sp³-hybridized carbons (Fsp3) is 0. The standard InChI is InChI=1S/C8H4BBrN2/c9-8-5-2-1-3-7(10)6(5)4-11-12-8/h1-4H. The Morgan fingerprint density at radius 3 is 2.83 bits per heavy atom. The van der Waals surface area contributed by atoms with E-state index in [0.29, 0.717) is 5.59 Å². The van der Waals surface area contributed by atoms with Gasteiger partial charge in [-0.2, -0.15) is 10.2 Å². The summed E-state index contributed by atoms with van der Waals surface area (Å²) in [6, 6.07) is 5.79. The molecule has 0 atom stereocenters. The molecule has 0 aliphatic heterocycles. The van der Waals surface area contributed by atoms with Crippen LogP contribution in [-0.2, 0) is 0 Å². The molecule has 0 saturated carbocycles. The maximum atomic E-state index is 5.63. The van der Waals surface area contributed by atoms with E-state index >= 15 is 0 Å². The van der Waals surface area contributed by atoms with Crippen LogP contribution in [0.5, 0.6) is 0 Å². The molecule has 1 aromatic carbocycles. The van der Waals surface area contributed by atoms with Crippen molar-refractivity contribution in [2.24, 2.45) is 0 Å². The van der Waals surface area contributed by atoms with Crippen LogP contribution in [-0.4, -0.2) is 18.0 Å². The Bertz CT molecular complexity index is 389. The average Bonchev–Trinajstić information content (AvgIpc) is 2.07. The van der Waals surface area contributed by atoms with Crippen molar-refractivity contribution in [1.29, 1.82) is 0 Å². The second-order valence-corrected chi connectivity index (χ2v) is 3.29. The zero-order chi connectivity index (χ0) is 8.55. The van der Waals surface area contributed by atoms with Crippen molar-refractivity contribution in [1.82, 2.24) is 10.2 Å². The average molecular weight is 219 g/mol. The summed E-state index contributed by atoms with van der Waals surface area (Å²) in [5.74, 6) is 0. The van der Waals surface area contributed by atoms with Crippen molar-refractivity contribution in [3.05, 3.63) is 28.9 Å². The Hall–Kier alpha value is -0.895. The first-order chi connectivity index (χ1) is 5.79. The van der Waals surface area contributed by atoms with Crippen molar-refractivity contribution in [2.75, 3.05) is 0 Å².